The summed E-state index contributed by atoms with van der Waals surface area (Å²) in [5, 5.41) is 12.6. The third-order valence-electron chi connectivity index (χ3n) is 7.96. The predicted molar refractivity (Wildman–Crippen MR) is 129 cm³/mol. The summed E-state index contributed by atoms with van der Waals surface area (Å²) in [6.45, 7) is 6.38. The zero-order valence-corrected chi connectivity index (χ0v) is 20.0. The topological polar surface area (TPSA) is 86.7 Å². The number of hydrogen-bond donors (Lipinski definition) is 2. The highest BCUT2D eigenvalue weighted by molar-refractivity contribution is 6.10. The average Bonchev–Trinajstić information content (AvgIpc) is 3.47. The smallest absolute Gasteiger partial charge is 0.248 e. The number of imide groups is 1. The summed E-state index contributed by atoms with van der Waals surface area (Å²) in [6, 6.07) is 13.3. The molecule has 6 heteroatoms. The molecule has 1 aliphatic heterocycles. The number of fused-ring (bicyclic) bond motifs is 5. The quantitative estimate of drug-likeness (QED) is 0.653. The van der Waals surface area contributed by atoms with Crippen LogP contribution in [0.5, 0.6) is 5.75 Å². The van der Waals surface area contributed by atoms with Gasteiger partial charge in [-0.3, -0.25) is 19.3 Å². The number of aromatic hydroxyl groups is 1. The van der Waals surface area contributed by atoms with E-state index >= 15 is 0 Å². The third kappa shape index (κ3) is 3.89. The maximum atomic E-state index is 13.5. The van der Waals surface area contributed by atoms with Crippen LogP contribution in [0, 0.1) is 23.7 Å². The fraction of sp³-hybridized carbons (Fsp3) is 0.464. The van der Waals surface area contributed by atoms with Gasteiger partial charge >= 0.3 is 0 Å². The standard InChI is InChI=1S/C28H32N2O4/c1-28(2,3)19-8-10-20(11-9-19)29-25(32)22(14-16-4-12-21(31)13-5-16)30-26(33)23-17-6-7-18(15-17)24(23)27(30)34/h4-5,8-13,17-18,22-24,31H,6-7,14-15H2,1-3H3,(H,29,32). The molecule has 0 radical (unpaired) electrons. The fourth-order valence-electron chi connectivity index (χ4n) is 6.17. The molecular weight excluding hydrogens is 428 g/mol. The summed E-state index contributed by atoms with van der Waals surface area (Å²) < 4.78 is 0. The van der Waals surface area contributed by atoms with Gasteiger partial charge in [0.25, 0.3) is 0 Å². The number of rotatable bonds is 5. The van der Waals surface area contributed by atoms with Gasteiger partial charge in [0.05, 0.1) is 11.8 Å². The van der Waals surface area contributed by atoms with Gasteiger partial charge in [0.2, 0.25) is 17.7 Å². The van der Waals surface area contributed by atoms with Gasteiger partial charge in [-0.15, -0.1) is 0 Å². The first kappa shape index (κ1) is 22.6. The lowest BCUT2D eigenvalue weighted by atomic mass is 9.81. The number of anilines is 1. The van der Waals surface area contributed by atoms with Gasteiger partial charge in [-0.05, 0) is 71.9 Å². The van der Waals surface area contributed by atoms with Gasteiger partial charge in [-0.1, -0.05) is 45.0 Å². The monoisotopic (exact) mass is 460 g/mol. The van der Waals surface area contributed by atoms with Gasteiger partial charge in [-0.2, -0.15) is 0 Å². The van der Waals surface area contributed by atoms with Crippen molar-refractivity contribution in [2.24, 2.45) is 23.7 Å². The van der Waals surface area contributed by atoms with Gasteiger partial charge < -0.3 is 10.4 Å². The summed E-state index contributed by atoms with van der Waals surface area (Å²) in [7, 11) is 0. The van der Waals surface area contributed by atoms with Crippen LogP contribution < -0.4 is 5.32 Å². The van der Waals surface area contributed by atoms with Gasteiger partial charge in [0.15, 0.2) is 0 Å². The minimum atomic E-state index is -0.933. The van der Waals surface area contributed by atoms with Crippen molar-refractivity contribution in [3.63, 3.8) is 0 Å². The molecule has 0 aromatic heterocycles. The number of phenols is 1. The van der Waals surface area contributed by atoms with Crippen molar-refractivity contribution < 1.29 is 19.5 Å². The summed E-state index contributed by atoms with van der Waals surface area (Å²) in [5.41, 5.74) is 2.56. The summed E-state index contributed by atoms with van der Waals surface area (Å²) in [5.74, 6) is -0.639. The molecule has 2 bridgehead atoms. The molecule has 5 rings (SSSR count). The normalized spacial score (nSPS) is 26.6. The average molecular weight is 461 g/mol. The maximum absolute atomic E-state index is 13.5. The van der Waals surface area contributed by atoms with Gasteiger partial charge in [0.1, 0.15) is 11.8 Å². The van der Waals surface area contributed by atoms with Crippen LogP contribution in [0.4, 0.5) is 5.69 Å². The molecule has 2 aromatic carbocycles. The number of likely N-dealkylation sites (tertiary alicyclic amines) is 1. The molecule has 2 saturated carbocycles. The Balaban J connectivity index is 1.42. The number of nitrogens with one attached hydrogen (secondary N) is 1. The molecule has 6 nitrogen and oxygen atoms in total. The molecule has 2 aliphatic carbocycles. The van der Waals surface area contributed by atoms with E-state index in [1.807, 2.05) is 24.3 Å². The van der Waals surface area contributed by atoms with Crippen LogP contribution in [0.25, 0.3) is 0 Å². The summed E-state index contributed by atoms with van der Waals surface area (Å²) >= 11 is 0. The third-order valence-corrected chi connectivity index (χ3v) is 7.96. The van der Waals surface area contributed by atoms with Crippen molar-refractivity contribution in [2.45, 2.75) is 57.9 Å². The Kier molecular flexibility index (Phi) is 5.50. The minimum Gasteiger partial charge on any atom is -0.508 e. The number of amides is 3. The second-order valence-electron chi connectivity index (χ2n) is 11.1. The van der Waals surface area contributed by atoms with Crippen molar-refractivity contribution in [1.82, 2.24) is 4.90 Å². The van der Waals surface area contributed by atoms with Crippen molar-refractivity contribution >= 4 is 23.4 Å². The SMILES string of the molecule is CC(C)(C)c1ccc(NC(=O)C(Cc2ccc(O)cc2)N2C(=O)C3C4CCC(C4)C3C2=O)cc1. The second-order valence-corrected chi connectivity index (χ2v) is 11.1. The summed E-state index contributed by atoms with van der Waals surface area (Å²) in [4.78, 5) is 41.7. The van der Waals surface area contributed by atoms with E-state index in [0.717, 1.165) is 30.4 Å². The maximum Gasteiger partial charge on any atom is 0.248 e. The highest BCUT2D eigenvalue weighted by Crippen LogP contribution is 2.56. The minimum absolute atomic E-state index is 0.00449. The molecule has 1 heterocycles. The zero-order valence-electron chi connectivity index (χ0n) is 20.0. The van der Waals surface area contributed by atoms with E-state index in [2.05, 4.69) is 26.1 Å². The molecule has 0 spiro atoms. The Bertz CT molecular complexity index is 1090. The molecular formula is C28H32N2O4. The number of hydrogen-bond acceptors (Lipinski definition) is 4. The van der Waals surface area contributed by atoms with Crippen LogP contribution in [-0.2, 0) is 26.2 Å². The molecule has 2 N–H and O–H groups in total. The number of carbonyl (C=O) groups is 3. The number of nitrogens with zero attached hydrogens (tertiary/aromatic N) is 1. The molecule has 5 unspecified atom stereocenters. The van der Waals surface area contributed by atoms with Crippen LogP contribution in [0.3, 0.4) is 0 Å². The Morgan fingerprint density at radius 2 is 1.53 bits per heavy atom. The Morgan fingerprint density at radius 1 is 0.971 bits per heavy atom. The first-order chi connectivity index (χ1) is 16.1. The molecule has 34 heavy (non-hydrogen) atoms. The fourth-order valence-corrected chi connectivity index (χ4v) is 6.17. The van der Waals surface area contributed by atoms with Crippen LogP contribution in [0.2, 0.25) is 0 Å². The largest absolute Gasteiger partial charge is 0.508 e. The number of phenolic OH excluding ortho intramolecular Hbond substituents is 1. The second kappa shape index (κ2) is 8.26. The van der Waals surface area contributed by atoms with E-state index < -0.39 is 6.04 Å². The Morgan fingerprint density at radius 3 is 2.06 bits per heavy atom. The van der Waals surface area contributed by atoms with Crippen LogP contribution in [-0.4, -0.2) is 33.8 Å². The molecule has 1 saturated heterocycles. The van der Waals surface area contributed by atoms with Crippen LogP contribution >= 0.6 is 0 Å². The molecule has 5 atom stereocenters. The molecule has 3 fully saturated rings. The zero-order chi connectivity index (χ0) is 24.2. The van der Waals surface area contributed by atoms with E-state index in [1.165, 1.54) is 4.90 Å². The van der Waals surface area contributed by atoms with Crippen molar-refractivity contribution in [3.8, 4) is 5.75 Å². The Labute approximate surface area is 200 Å². The number of benzene rings is 2. The lowest BCUT2D eigenvalue weighted by Gasteiger charge is -2.27. The van der Waals surface area contributed by atoms with E-state index in [4.69, 9.17) is 0 Å². The Hall–Kier alpha value is -3.15. The van der Waals surface area contributed by atoms with Gasteiger partial charge in [-0.25, -0.2) is 0 Å². The van der Waals surface area contributed by atoms with Crippen molar-refractivity contribution in [2.75, 3.05) is 5.32 Å². The van der Waals surface area contributed by atoms with Crippen molar-refractivity contribution in [3.05, 3.63) is 59.7 Å². The number of carbonyl (C=O) groups excluding carboxylic acids is 3. The van der Waals surface area contributed by atoms with E-state index in [-0.39, 0.29) is 59.0 Å². The highest BCUT2D eigenvalue weighted by Gasteiger charge is 2.62. The first-order valence-electron chi connectivity index (χ1n) is 12.2. The summed E-state index contributed by atoms with van der Waals surface area (Å²) in [6.07, 6.45) is 3.15. The van der Waals surface area contributed by atoms with Crippen LogP contribution in [0.1, 0.15) is 51.2 Å². The van der Waals surface area contributed by atoms with E-state index in [0.29, 0.717) is 5.69 Å². The van der Waals surface area contributed by atoms with Gasteiger partial charge in [0, 0.05) is 12.1 Å². The van der Waals surface area contributed by atoms with E-state index in [1.54, 1.807) is 24.3 Å². The molecule has 3 aliphatic rings. The lowest BCUT2D eigenvalue weighted by Crippen LogP contribution is -2.49. The molecule has 178 valence electrons. The predicted octanol–water partition coefficient (Wildman–Crippen LogP) is 4.27. The molecule has 2 aromatic rings. The van der Waals surface area contributed by atoms with E-state index in [9.17, 15) is 19.5 Å². The molecule has 3 amide bonds. The highest BCUT2D eigenvalue weighted by atomic mass is 16.3. The van der Waals surface area contributed by atoms with Crippen LogP contribution in [0.15, 0.2) is 48.5 Å². The first-order valence-corrected chi connectivity index (χ1v) is 12.2. The lowest BCUT2D eigenvalue weighted by molar-refractivity contribution is -0.147. The van der Waals surface area contributed by atoms with Crippen molar-refractivity contribution in [1.29, 1.82) is 0 Å².